The lowest BCUT2D eigenvalue weighted by Crippen LogP contribution is -2.25. The fourth-order valence-corrected chi connectivity index (χ4v) is 3.26. The van der Waals surface area contributed by atoms with Crippen LogP contribution in [0.1, 0.15) is 31.7 Å². The summed E-state index contributed by atoms with van der Waals surface area (Å²) in [5.41, 5.74) is 0.536. The Morgan fingerprint density at radius 2 is 1.96 bits per heavy atom. The average molecular weight is 351 g/mol. The molecule has 0 spiro atoms. The molecule has 0 aromatic heterocycles. The van der Waals surface area contributed by atoms with Crippen LogP contribution in [0.15, 0.2) is 23.3 Å². The zero-order valence-corrected chi connectivity index (χ0v) is 14.5. The minimum atomic E-state index is -0.589. The molecule has 1 aromatic carbocycles. The van der Waals surface area contributed by atoms with E-state index in [1.807, 2.05) is 0 Å². The Kier molecular flexibility index (Phi) is 5.45. The number of hydrogen-bond donors (Lipinski definition) is 1. The number of amidine groups is 1. The summed E-state index contributed by atoms with van der Waals surface area (Å²) in [5.74, 6) is -0.544. The highest BCUT2D eigenvalue weighted by molar-refractivity contribution is 8.14. The van der Waals surface area contributed by atoms with Crippen LogP contribution in [0, 0.1) is 0 Å². The van der Waals surface area contributed by atoms with Crippen molar-refractivity contribution in [1.29, 1.82) is 0 Å². The largest absolute Gasteiger partial charge is 0.493 e. The quantitative estimate of drug-likeness (QED) is 0.656. The second-order valence-electron chi connectivity index (χ2n) is 4.89. The van der Waals surface area contributed by atoms with Gasteiger partial charge < -0.3 is 14.8 Å². The molecule has 9 heteroatoms. The molecule has 8 nitrogen and oxygen atoms in total. The Morgan fingerprint density at radius 3 is 2.50 bits per heavy atom. The van der Waals surface area contributed by atoms with Crippen molar-refractivity contribution in [1.82, 2.24) is 10.3 Å². The van der Waals surface area contributed by atoms with E-state index in [0.29, 0.717) is 16.5 Å². The van der Waals surface area contributed by atoms with Crippen LogP contribution in [0.2, 0.25) is 0 Å². The fraction of sp³-hybridized carbons (Fsp3) is 0.333. The predicted molar refractivity (Wildman–Crippen MR) is 88.4 cm³/mol. The molecule has 0 bridgehead atoms. The third-order valence-electron chi connectivity index (χ3n) is 2.99. The van der Waals surface area contributed by atoms with Gasteiger partial charge >= 0.3 is 5.97 Å². The van der Waals surface area contributed by atoms with Crippen molar-refractivity contribution in [2.24, 2.45) is 5.10 Å². The van der Waals surface area contributed by atoms with Crippen LogP contribution < -0.4 is 14.8 Å². The van der Waals surface area contributed by atoms with Gasteiger partial charge in [0.05, 0.1) is 7.11 Å². The number of nitrogens with one attached hydrogen (secondary N) is 1. The Balaban J connectivity index is 2.44. The standard InChI is InChI=1S/C15H17N3O5S/c1-8(19)16-15-17-18(9(2)20)14(24-15)11-6-5-7-12(22-4)13(11)23-10(3)21/h5-7,14H,1-4H3,(H,16,17,19)/t14-/m1/s1. The number of thioether (sulfide) groups is 1. The molecule has 1 aromatic rings. The zero-order valence-electron chi connectivity index (χ0n) is 13.7. The number of methoxy groups -OCH3 is 1. The van der Waals surface area contributed by atoms with E-state index in [1.165, 1.54) is 44.7 Å². The van der Waals surface area contributed by atoms with E-state index < -0.39 is 11.3 Å². The van der Waals surface area contributed by atoms with Gasteiger partial charge in [-0.15, -0.1) is 5.10 Å². The van der Waals surface area contributed by atoms with Gasteiger partial charge in [0.25, 0.3) is 0 Å². The highest BCUT2D eigenvalue weighted by atomic mass is 32.2. The summed E-state index contributed by atoms with van der Waals surface area (Å²) in [6, 6.07) is 5.08. The maximum absolute atomic E-state index is 11.9. The van der Waals surface area contributed by atoms with Crippen LogP contribution in [-0.4, -0.2) is 35.1 Å². The SMILES string of the molecule is COc1cccc([C@H]2SC(NC(C)=O)=NN2C(C)=O)c1OC(C)=O. The monoisotopic (exact) mass is 351 g/mol. The molecule has 1 aliphatic heterocycles. The van der Waals surface area contributed by atoms with Gasteiger partial charge in [0.2, 0.25) is 11.8 Å². The molecule has 1 aliphatic rings. The molecule has 1 heterocycles. The molecule has 1 atom stereocenters. The topological polar surface area (TPSA) is 97.3 Å². The van der Waals surface area contributed by atoms with E-state index in [1.54, 1.807) is 18.2 Å². The number of carbonyl (C=O) groups is 3. The lowest BCUT2D eigenvalue weighted by atomic mass is 10.1. The van der Waals surface area contributed by atoms with E-state index in [2.05, 4.69) is 10.4 Å². The summed E-state index contributed by atoms with van der Waals surface area (Å²) in [6.07, 6.45) is 0. The second-order valence-corrected chi connectivity index (χ2v) is 5.96. The molecule has 1 N–H and O–H groups in total. The smallest absolute Gasteiger partial charge is 0.308 e. The van der Waals surface area contributed by atoms with Crippen molar-refractivity contribution in [3.05, 3.63) is 23.8 Å². The molecular formula is C15H17N3O5S. The van der Waals surface area contributed by atoms with Crippen LogP contribution >= 0.6 is 11.8 Å². The lowest BCUT2D eigenvalue weighted by Gasteiger charge is -2.22. The van der Waals surface area contributed by atoms with Gasteiger partial charge in [-0.3, -0.25) is 14.4 Å². The summed E-state index contributed by atoms with van der Waals surface area (Å²) >= 11 is 1.17. The number of para-hydroxylation sites is 1. The highest BCUT2D eigenvalue weighted by Gasteiger charge is 2.35. The molecule has 0 fully saturated rings. The minimum absolute atomic E-state index is 0.218. The number of ether oxygens (including phenoxy) is 2. The van der Waals surface area contributed by atoms with Crippen molar-refractivity contribution < 1.29 is 23.9 Å². The fourth-order valence-electron chi connectivity index (χ4n) is 2.11. The third kappa shape index (κ3) is 3.85. The Labute approximate surface area is 143 Å². The first-order chi connectivity index (χ1) is 11.3. The normalized spacial score (nSPS) is 16.4. The minimum Gasteiger partial charge on any atom is -0.493 e. The first-order valence-electron chi connectivity index (χ1n) is 7.01. The first-order valence-corrected chi connectivity index (χ1v) is 7.89. The van der Waals surface area contributed by atoms with Gasteiger partial charge in [0.15, 0.2) is 16.7 Å². The Hall–Kier alpha value is -2.55. The van der Waals surface area contributed by atoms with Crippen LogP contribution in [-0.2, 0) is 14.4 Å². The Bertz CT molecular complexity index is 719. The maximum atomic E-state index is 11.9. The number of hydrazone groups is 1. The van der Waals surface area contributed by atoms with E-state index in [-0.39, 0.29) is 17.6 Å². The van der Waals surface area contributed by atoms with E-state index in [0.717, 1.165) is 0 Å². The Morgan fingerprint density at radius 1 is 1.25 bits per heavy atom. The molecule has 2 rings (SSSR count). The summed E-state index contributed by atoms with van der Waals surface area (Å²) in [4.78, 5) is 34.6. The highest BCUT2D eigenvalue weighted by Crippen LogP contribution is 2.45. The van der Waals surface area contributed by atoms with Gasteiger partial charge in [0.1, 0.15) is 5.37 Å². The summed E-state index contributed by atoms with van der Waals surface area (Å²) < 4.78 is 10.5. The summed E-state index contributed by atoms with van der Waals surface area (Å²) in [7, 11) is 1.45. The van der Waals surface area contributed by atoms with E-state index in [9.17, 15) is 14.4 Å². The van der Waals surface area contributed by atoms with Gasteiger partial charge in [0, 0.05) is 26.3 Å². The van der Waals surface area contributed by atoms with Gasteiger partial charge in [-0.2, -0.15) is 0 Å². The predicted octanol–water partition coefficient (Wildman–Crippen LogP) is 1.62. The first kappa shape index (κ1) is 17.8. The van der Waals surface area contributed by atoms with Crippen molar-refractivity contribution in [2.45, 2.75) is 26.1 Å². The molecule has 0 aliphatic carbocycles. The zero-order chi connectivity index (χ0) is 17.9. The summed E-state index contributed by atoms with van der Waals surface area (Å²) in [5, 5.41) is 7.59. The number of benzene rings is 1. The van der Waals surface area contributed by atoms with E-state index >= 15 is 0 Å². The molecule has 0 unspecified atom stereocenters. The number of amides is 2. The van der Waals surface area contributed by atoms with Gasteiger partial charge in [-0.25, -0.2) is 5.01 Å². The van der Waals surface area contributed by atoms with Crippen molar-refractivity contribution in [2.75, 3.05) is 7.11 Å². The molecule has 0 saturated carbocycles. The van der Waals surface area contributed by atoms with Crippen molar-refractivity contribution in [3.8, 4) is 11.5 Å². The van der Waals surface area contributed by atoms with Crippen LogP contribution in [0.25, 0.3) is 0 Å². The van der Waals surface area contributed by atoms with Crippen LogP contribution in [0.4, 0.5) is 0 Å². The molecule has 128 valence electrons. The van der Waals surface area contributed by atoms with Gasteiger partial charge in [-0.05, 0) is 6.07 Å². The number of rotatable bonds is 3. The summed E-state index contributed by atoms with van der Waals surface area (Å²) in [6.45, 7) is 3.99. The molecule has 24 heavy (non-hydrogen) atoms. The van der Waals surface area contributed by atoms with E-state index in [4.69, 9.17) is 9.47 Å². The molecule has 2 amide bonds. The maximum Gasteiger partial charge on any atom is 0.308 e. The van der Waals surface area contributed by atoms with Gasteiger partial charge in [-0.1, -0.05) is 23.9 Å². The van der Waals surface area contributed by atoms with Crippen molar-refractivity contribution in [3.63, 3.8) is 0 Å². The van der Waals surface area contributed by atoms with Crippen LogP contribution in [0.5, 0.6) is 11.5 Å². The number of nitrogens with zero attached hydrogens (tertiary/aromatic N) is 2. The number of esters is 1. The number of carbonyl (C=O) groups excluding carboxylic acids is 3. The average Bonchev–Trinajstić information content (AvgIpc) is 2.90. The molecule has 0 saturated heterocycles. The van der Waals surface area contributed by atoms with Crippen molar-refractivity contribution >= 4 is 34.7 Å². The lowest BCUT2D eigenvalue weighted by molar-refractivity contribution is -0.132. The molecular weight excluding hydrogens is 334 g/mol. The second kappa shape index (κ2) is 7.35. The third-order valence-corrected chi connectivity index (χ3v) is 4.07. The molecule has 0 radical (unpaired) electrons. The van der Waals surface area contributed by atoms with Crippen LogP contribution in [0.3, 0.4) is 0 Å². The number of hydrogen-bond acceptors (Lipinski definition) is 7.